The average Bonchev–Trinajstić information content (AvgIpc) is 2.76. The minimum atomic E-state index is 0.116. The van der Waals surface area contributed by atoms with E-state index in [0.29, 0.717) is 5.69 Å². The van der Waals surface area contributed by atoms with Gasteiger partial charge in [0.15, 0.2) is 0 Å². The molecule has 0 aromatic carbocycles. The molecular weight excluding hydrogens is 206 g/mol. The van der Waals surface area contributed by atoms with Crippen molar-refractivity contribution < 1.29 is 9.32 Å². The number of nitrogens with zero attached hydrogens (tertiary/aromatic N) is 1. The van der Waals surface area contributed by atoms with Crippen LogP contribution < -0.4 is 10.6 Å². The molecule has 86 valence electrons. The second-order valence-electron chi connectivity index (χ2n) is 4.77. The number of amides is 1. The number of aromatic nitrogens is 1. The minimum absolute atomic E-state index is 0.116. The molecule has 1 saturated carbocycles. The first-order chi connectivity index (χ1) is 7.80. The van der Waals surface area contributed by atoms with Gasteiger partial charge in [0.05, 0.1) is 6.20 Å². The van der Waals surface area contributed by atoms with Crippen LogP contribution in [-0.2, 0) is 4.79 Å². The van der Waals surface area contributed by atoms with E-state index >= 15 is 0 Å². The Morgan fingerprint density at radius 3 is 3.06 bits per heavy atom. The molecule has 1 aromatic heterocycles. The molecule has 5 heteroatoms. The Bertz CT molecular complexity index is 382. The number of rotatable bonds is 2. The summed E-state index contributed by atoms with van der Waals surface area (Å²) in [6.07, 6.45) is 6.25. The summed E-state index contributed by atoms with van der Waals surface area (Å²) in [5.41, 5.74) is 0.938. The van der Waals surface area contributed by atoms with Crippen molar-refractivity contribution in [1.29, 1.82) is 0 Å². The van der Waals surface area contributed by atoms with Gasteiger partial charge in [-0.25, -0.2) is 0 Å². The SMILES string of the molecule is O=C(Nc1cnoc1)C1CC12CCNCC2. The maximum absolute atomic E-state index is 11.9. The van der Waals surface area contributed by atoms with E-state index in [1.807, 2.05) is 0 Å². The third-order valence-corrected chi connectivity index (χ3v) is 3.81. The summed E-state index contributed by atoms with van der Waals surface area (Å²) < 4.78 is 4.68. The highest BCUT2D eigenvalue weighted by Crippen LogP contribution is 2.58. The van der Waals surface area contributed by atoms with Crippen molar-refractivity contribution in [1.82, 2.24) is 10.5 Å². The highest BCUT2D eigenvalue weighted by molar-refractivity contribution is 5.94. The molecule has 2 fully saturated rings. The van der Waals surface area contributed by atoms with Crippen LogP contribution in [0.2, 0.25) is 0 Å². The van der Waals surface area contributed by atoms with Gasteiger partial charge in [-0.3, -0.25) is 4.79 Å². The zero-order valence-electron chi connectivity index (χ0n) is 9.03. The highest BCUT2D eigenvalue weighted by atomic mass is 16.5. The molecule has 0 radical (unpaired) electrons. The van der Waals surface area contributed by atoms with Gasteiger partial charge in [-0.05, 0) is 37.8 Å². The van der Waals surface area contributed by atoms with Gasteiger partial charge < -0.3 is 15.2 Å². The Kier molecular flexibility index (Phi) is 2.21. The van der Waals surface area contributed by atoms with Crippen LogP contribution >= 0.6 is 0 Å². The molecule has 3 rings (SSSR count). The Labute approximate surface area is 93.6 Å². The predicted molar refractivity (Wildman–Crippen MR) is 57.8 cm³/mol. The second kappa shape index (κ2) is 3.59. The lowest BCUT2D eigenvalue weighted by atomic mass is 9.92. The lowest BCUT2D eigenvalue weighted by Crippen LogP contribution is -2.31. The van der Waals surface area contributed by atoms with E-state index in [4.69, 9.17) is 0 Å². The Morgan fingerprint density at radius 2 is 2.38 bits per heavy atom. The van der Waals surface area contributed by atoms with E-state index in [9.17, 15) is 4.79 Å². The second-order valence-corrected chi connectivity index (χ2v) is 4.77. The zero-order chi connectivity index (χ0) is 11.0. The number of carbonyl (C=O) groups excluding carboxylic acids is 1. The molecule has 2 aliphatic rings. The lowest BCUT2D eigenvalue weighted by molar-refractivity contribution is -0.118. The summed E-state index contributed by atoms with van der Waals surface area (Å²) in [6.45, 7) is 2.08. The van der Waals surface area contributed by atoms with Gasteiger partial charge in [0.1, 0.15) is 12.0 Å². The molecule has 2 N–H and O–H groups in total. The minimum Gasteiger partial charge on any atom is -0.363 e. The van der Waals surface area contributed by atoms with Crippen LogP contribution in [0.1, 0.15) is 19.3 Å². The fraction of sp³-hybridized carbons (Fsp3) is 0.636. The largest absolute Gasteiger partial charge is 0.363 e. The number of hydrogen-bond donors (Lipinski definition) is 2. The van der Waals surface area contributed by atoms with E-state index in [2.05, 4.69) is 20.3 Å². The highest BCUT2D eigenvalue weighted by Gasteiger charge is 2.57. The predicted octanol–water partition coefficient (Wildman–Crippen LogP) is 1.00. The van der Waals surface area contributed by atoms with Crippen molar-refractivity contribution in [3.63, 3.8) is 0 Å². The number of piperidine rings is 1. The monoisotopic (exact) mass is 221 g/mol. The van der Waals surface area contributed by atoms with E-state index in [0.717, 1.165) is 32.4 Å². The molecule has 1 unspecified atom stereocenters. The smallest absolute Gasteiger partial charge is 0.228 e. The van der Waals surface area contributed by atoms with Crippen molar-refractivity contribution in [3.8, 4) is 0 Å². The molecule has 1 aliphatic heterocycles. The van der Waals surface area contributed by atoms with E-state index < -0.39 is 0 Å². The van der Waals surface area contributed by atoms with Crippen LogP contribution in [0.15, 0.2) is 17.0 Å². The Morgan fingerprint density at radius 1 is 1.56 bits per heavy atom. The number of nitrogens with one attached hydrogen (secondary N) is 2. The van der Waals surface area contributed by atoms with Gasteiger partial charge in [-0.2, -0.15) is 0 Å². The van der Waals surface area contributed by atoms with Crippen molar-refractivity contribution >= 4 is 11.6 Å². The molecule has 2 heterocycles. The van der Waals surface area contributed by atoms with Gasteiger partial charge >= 0.3 is 0 Å². The summed E-state index contributed by atoms with van der Waals surface area (Å²) in [4.78, 5) is 11.9. The van der Waals surface area contributed by atoms with Crippen LogP contribution in [0.4, 0.5) is 5.69 Å². The van der Waals surface area contributed by atoms with Gasteiger partial charge in [0.2, 0.25) is 5.91 Å². The van der Waals surface area contributed by atoms with Crippen LogP contribution in [0, 0.1) is 11.3 Å². The van der Waals surface area contributed by atoms with Crippen LogP contribution in [-0.4, -0.2) is 24.2 Å². The van der Waals surface area contributed by atoms with Crippen molar-refractivity contribution in [2.45, 2.75) is 19.3 Å². The summed E-state index contributed by atoms with van der Waals surface area (Å²) in [7, 11) is 0. The van der Waals surface area contributed by atoms with E-state index in [1.54, 1.807) is 0 Å². The molecular formula is C11H15N3O2. The molecule has 1 amide bonds. The summed E-state index contributed by atoms with van der Waals surface area (Å²) in [6, 6.07) is 0. The van der Waals surface area contributed by atoms with Crippen LogP contribution in [0.3, 0.4) is 0 Å². The lowest BCUT2D eigenvalue weighted by Gasteiger charge is -2.23. The quantitative estimate of drug-likeness (QED) is 0.782. The fourth-order valence-electron chi connectivity index (χ4n) is 2.69. The number of carbonyl (C=O) groups is 1. The van der Waals surface area contributed by atoms with Gasteiger partial charge in [-0.1, -0.05) is 5.16 Å². The first-order valence-corrected chi connectivity index (χ1v) is 5.71. The number of anilines is 1. The molecule has 1 atom stereocenters. The van der Waals surface area contributed by atoms with Crippen LogP contribution in [0.5, 0.6) is 0 Å². The maximum Gasteiger partial charge on any atom is 0.228 e. The van der Waals surface area contributed by atoms with Crippen molar-refractivity contribution in [2.75, 3.05) is 18.4 Å². The molecule has 1 aliphatic carbocycles. The average molecular weight is 221 g/mol. The third kappa shape index (κ3) is 1.61. The normalized spacial score (nSPS) is 26.6. The third-order valence-electron chi connectivity index (χ3n) is 3.81. The van der Waals surface area contributed by atoms with Gasteiger partial charge in [0.25, 0.3) is 0 Å². The molecule has 16 heavy (non-hydrogen) atoms. The first kappa shape index (κ1) is 9.84. The van der Waals surface area contributed by atoms with Crippen molar-refractivity contribution in [2.24, 2.45) is 11.3 Å². The zero-order valence-corrected chi connectivity index (χ0v) is 9.03. The standard InChI is InChI=1S/C11H15N3O2/c15-10(14-8-6-13-16-7-8)9-5-11(9)1-3-12-4-2-11/h6-7,9,12H,1-5H2,(H,14,15). The summed E-state index contributed by atoms with van der Waals surface area (Å²) in [5, 5.41) is 9.73. The van der Waals surface area contributed by atoms with E-state index in [1.165, 1.54) is 12.5 Å². The van der Waals surface area contributed by atoms with Gasteiger partial charge in [-0.15, -0.1) is 0 Å². The summed E-state index contributed by atoms with van der Waals surface area (Å²) in [5.74, 6) is 0.301. The topological polar surface area (TPSA) is 67.2 Å². The number of hydrogen-bond acceptors (Lipinski definition) is 4. The Balaban J connectivity index is 1.61. The summed E-state index contributed by atoms with van der Waals surface area (Å²) >= 11 is 0. The fourth-order valence-corrected chi connectivity index (χ4v) is 2.69. The van der Waals surface area contributed by atoms with Crippen LogP contribution in [0.25, 0.3) is 0 Å². The Hall–Kier alpha value is -1.36. The maximum atomic E-state index is 11.9. The molecule has 1 aromatic rings. The van der Waals surface area contributed by atoms with Crippen molar-refractivity contribution in [3.05, 3.63) is 12.5 Å². The first-order valence-electron chi connectivity index (χ1n) is 5.71. The van der Waals surface area contributed by atoms with E-state index in [-0.39, 0.29) is 17.2 Å². The van der Waals surface area contributed by atoms with Gasteiger partial charge in [0, 0.05) is 5.92 Å². The molecule has 0 bridgehead atoms. The molecule has 1 saturated heterocycles. The molecule has 1 spiro atoms. The molecule has 5 nitrogen and oxygen atoms in total.